The highest BCUT2D eigenvalue weighted by Crippen LogP contribution is 2.74. The molecule has 16 atom stereocenters. The number of hydrazone groups is 1. The fourth-order valence-electron chi connectivity index (χ4n) is 17.6. The number of oxime groups is 2. The predicted octanol–water partition coefficient (Wildman–Crippen LogP) is 8.66. The minimum absolute atomic E-state index is 0.0283. The van der Waals surface area contributed by atoms with Gasteiger partial charge in [0.05, 0.1) is 36.7 Å². The van der Waals surface area contributed by atoms with Crippen LogP contribution < -0.4 is 10.7 Å². The molecular formula is C64H87F2N5O13. The third-order valence-electron chi connectivity index (χ3n) is 21.2. The standard InChI is InChI=1S/C31H38FNO6.C26H38FN3O5.C7H8O.H3NO/c1-18-6-9-21(10-7-18)38-33-20-12-13-28(4)19(14-20)8-11-22-23-15-26-31(25(36)17-34,39-27(2,3)37-26)29(23,5)16-24(35)30(22,28)32;1-22(2)34-21-12-18-17-8-7-15-11-16(29-33)9-10-23(15,3)25(17,27)20(32)13-24(18,4)26(21,35-22)19(14-31)28-30(5)6;1-6-2-4-7(8)5-3-6;1-2/h6-7,9-10,12-14,22-24,26,34-35H,8,11,15-17H2,1-5H3;9-11,17-18,20-21,31-33H,7-8,12-14H2,1-6H3;2-5,8H,1H3;2H,1H2/b33-20+;28-19-,29-16+;;/t22-,23-,24-,26+,28-,29-,30-,31+;17-,18-,20-,21+,23-,24-,25-,26+;;/m00../s1. The number of allylic oxidation sites excluding steroid dienone is 8. The van der Waals surface area contributed by atoms with E-state index in [9.17, 15) is 30.4 Å². The fourth-order valence-corrected chi connectivity index (χ4v) is 17.6. The number of aliphatic hydroxyl groups excluding tert-OH is 4. The van der Waals surface area contributed by atoms with Crippen LogP contribution in [0.25, 0.3) is 0 Å². The summed E-state index contributed by atoms with van der Waals surface area (Å²) in [4.78, 5) is 19.0. The number of aromatic hydroxyl groups is 1. The number of carbonyl (C=O) groups is 1. The van der Waals surface area contributed by atoms with E-state index in [1.807, 2.05) is 104 Å². The van der Waals surface area contributed by atoms with Crippen LogP contribution in [0.5, 0.6) is 11.5 Å². The lowest BCUT2D eigenvalue weighted by Gasteiger charge is -2.63. The highest BCUT2D eigenvalue weighted by Gasteiger charge is 2.81. The van der Waals surface area contributed by atoms with Crippen LogP contribution in [0.2, 0.25) is 0 Å². The van der Waals surface area contributed by atoms with Gasteiger partial charge in [0.25, 0.3) is 0 Å². The number of rotatable bonds is 7. The van der Waals surface area contributed by atoms with Crippen molar-refractivity contribution >= 4 is 22.9 Å². The van der Waals surface area contributed by atoms with Gasteiger partial charge in [-0.2, -0.15) is 5.10 Å². The first-order valence-corrected chi connectivity index (χ1v) is 29.2. The lowest BCUT2D eigenvalue weighted by Crippen LogP contribution is -2.70. The van der Waals surface area contributed by atoms with E-state index >= 15 is 8.78 Å². The molecule has 84 heavy (non-hydrogen) atoms. The average Bonchev–Trinajstić information content (AvgIpc) is 1.41. The molecule has 0 aromatic heterocycles. The minimum atomic E-state index is -1.96. The zero-order valence-electron chi connectivity index (χ0n) is 50.5. The third kappa shape index (κ3) is 9.46. The first kappa shape index (κ1) is 63.2. The van der Waals surface area contributed by atoms with Crippen LogP contribution in [-0.4, -0.2) is 150 Å². The van der Waals surface area contributed by atoms with Gasteiger partial charge in [0.2, 0.25) is 0 Å². The zero-order valence-corrected chi connectivity index (χ0v) is 50.5. The van der Waals surface area contributed by atoms with E-state index < -0.39 is 104 Å². The first-order valence-electron chi connectivity index (χ1n) is 29.2. The first-order chi connectivity index (χ1) is 39.4. The Morgan fingerprint density at radius 2 is 1.12 bits per heavy atom. The second kappa shape index (κ2) is 22.2. The number of nitrogens with two attached hydrogens (primary N) is 1. The maximum absolute atomic E-state index is 17.7. The Morgan fingerprint density at radius 1 is 0.679 bits per heavy atom. The van der Waals surface area contributed by atoms with Gasteiger partial charge >= 0.3 is 0 Å². The van der Waals surface area contributed by atoms with E-state index in [0.29, 0.717) is 67.2 Å². The molecular weight excluding hydrogens is 1080 g/mol. The van der Waals surface area contributed by atoms with Gasteiger partial charge in [-0.25, -0.2) is 14.7 Å². The molecule has 0 bridgehead atoms. The van der Waals surface area contributed by atoms with Crippen molar-refractivity contribution in [1.29, 1.82) is 0 Å². The number of ketones is 1. The van der Waals surface area contributed by atoms with Gasteiger partial charge in [-0.05, 0) is 167 Å². The number of aliphatic hydroxyl groups is 4. The van der Waals surface area contributed by atoms with Crippen molar-refractivity contribution in [3.63, 3.8) is 0 Å². The Balaban J connectivity index is 0.000000174. The van der Waals surface area contributed by atoms with Gasteiger partial charge in [0, 0.05) is 47.6 Å². The number of phenols is 1. The van der Waals surface area contributed by atoms with Crippen LogP contribution in [0.4, 0.5) is 8.78 Å². The van der Waals surface area contributed by atoms with E-state index in [1.54, 1.807) is 69.4 Å². The summed E-state index contributed by atoms with van der Waals surface area (Å²) in [5.41, 5.74) is -4.63. The molecule has 2 aromatic carbocycles. The molecule has 8 aliphatic carbocycles. The minimum Gasteiger partial charge on any atom is -0.508 e. The monoisotopic (exact) mass is 1170 g/mol. The molecule has 10 aliphatic rings. The molecule has 8 fully saturated rings. The van der Waals surface area contributed by atoms with Crippen molar-refractivity contribution in [1.82, 2.24) is 5.01 Å². The Hall–Kier alpha value is -5.26. The SMILES string of the molecule is CN(C)/N=C(/CO)[C@@]12OC(C)(C)O[C@@H]1C[C@H]1[C@@H]3CCC4=C/C(=N/O)C=C[C@]4(C)[C@@]3(F)[C@@H](O)C[C@@]12C.Cc1ccc(O)cc1.Cc1ccc(O/N=C2\C=C[C@@]3(C)C(=C2)CC[C@H]2[C@@H]4C[C@H]5OC(C)(C)O[C@@]5(C(=O)CO)[C@@]4(C)C[C@H](O)[C@@]23F)cc1.NO. The normalized spacial score (nSPS) is 42.2. The number of halogens is 2. The van der Waals surface area contributed by atoms with E-state index in [2.05, 4.69) is 21.3 Å². The predicted molar refractivity (Wildman–Crippen MR) is 311 cm³/mol. The van der Waals surface area contributed by atoms with E-state index in [0.717, 1.165) is 16.7 Å². The third-order valence-corrected chi connectivity index (χ3v) is 21.2. The van der Waals surface area contributed by atoms with Crippen LogP contribution in [0.15, 0.2) is 112 Å². The molecule has 0 spiro atoms. The largest absolute Gasteiger partial charge is 0.508 e. The quantitative estimate of drug-likeness (QED) is 0.0732. The number of carbonyl (C=O) groups excluding carboxylic acids is 1. The number of hydrogen-bond acceptors (Lipinski definition) is 18. The Kier molecular flexibility index (Phi) is 16.7. The maximum atomic E-state index is 17.7. The Labute approximate surface area is 491 Å². The van der Waals surface area contributed by atoms with Gasteiger partial charge in [-0.3, -0.25) is 4.79 Å². The van der Waals surface area contributed by atoms with Crippen LogP contribution in [0.1, 0.15) is 118 Å². The molecule has 12 rings (SSSR count). The molecule has 2 aromatic rings. The summed E-state index contributed by atoms with van der Waals surface area (Å²) in [6.07, 6.45) is 10.4. The summed E-state index contributed by atoms with van der Waals surface area (Å²) >= 11 is 0. The Bertz CT molecular complexity index is 3040. The van der Waals surface area contributed by atoms with Crippen LogP contribution in [0.3, 0.4) is 0 Å². The summed E-state index contributed by atoms with van der Waals surface area (Å²) in [6.45, 7) is 17.8. The smallest absolute Gasteiger partial charge is 0.193 e. The molecule has 0 amide bonds. The molecule has 9 N–H and O–H groups in total. The highest BCUT2D eigenvalue weighted by atomic mass is 19.1. The number of Topliss-reactive ketones (excluding diaryl/α,β-unsaturated/α-hetero) is 1. The lowest BCUT2D eigenvalue weighted by molar-refractivity contribution is -0.246. The molecule has 2 heterocycles. The number of nitrogens with zero attached hydrogens (tertiary/aromatic N) is 4. The number of aryl methyl sites for hydroxylation is 2. The van der Waals surface area contributed by atoms with Crippen molar-refractivity contribution in [2.75, 3.05) is 27.3 Å². The van der Waals surface area contributed by atoms with Crippen LogP contribution >= 0.6 is 0 Å². The number of hydrogen-bond donors (Lipinski definition) is 8. The molecule has 460 valence electrons. The lowest BCUT2D eigenvalue weighted by atomic mass is 9.44. The van der Waals surface area contributed by atoms with Gasteiger partial charge in [0.15, 0.2) is 40.0 Å². The molecule has 6 saturated carbocycles. The van der Waals surface area contributed by atoms with Crippen LogP contribution in [-0.2, 0) is 23.7 Å². The summed E-state index contributed by atoms with van der Waals surface area (Å²) in [5, 5.41) is 82.1. The zero-order chi connectivity index (χ0) is 61.6. The second-order valence-electron chi connectivity index (χ2n) is 26.8. The van der Waals surface area contributed by atoms with E-state index in [1.165, 1.54) is 5.56 Å². The van der Waals surface area contributed by atoms with Crippen molar-refractivity contribution in [2.45, 2.75) is 179 Å². The van der Waals surface area contributed by atoms with E-state index in [-0.39, 0.29) is 31.3 Å². The molecule has 2 aliphatic heterocycles. The number of ether oxygens (including phenoxy) is 4. The Morgan fingerprint density at radius 3 is 1.57 bits per heavy atom. The topological polar surface area (TPSA) is 271 Å². The van der Waals surface area contributed by atoms with Gasteiger partial charge in [-0.15, -0.1) is 0 Å². The number of fused-ring (bicyclic) bond motifs is 14. The van der Waals surface area contributed by atoms with Crippen molar-refractivity contribution in [2.24, 2.45) is 66.6 Å². The number of phenolic OH excluding ortho intramolecular Hbond substituents is 1. The summed E-state index contributed by atoms with van der Waals surface area (Å²) < 4.78 is 60.8. The summed E-state index contributed by atoms with van der Waals surface area (Å²) in [5.74, 6) is 0.660. The maximum Gasteiger partial charge on any atom is 0.193 e. The van der Waals surface area contributed by atoms with Crippen molar-refractivity contribution in [3.8, 4) is 11.5 Å². The number of benzene rings is 2. The molecule has 0 radical (unpaired) electrons. The highest BCUT2D eigenvalue weighted by molar-refractivity contribution is 6.06. The van der Waals surface area contributed by atoms with Gasteiger partial charge in [0.1, 0.15) is 29.4 Å². The fraction of sp³-hybridized carbons (Fsp3) is 0.625. The summed E-state index contributed by atoms with van der Waals surface area (Å²) in [6, 6.07) is 14.7. The van der Waals surface area contributed by atoms with Gasteiger partial charge < -0.3 is 64.7 Å². The molecule has 18 nitrogen and oxygen atoms in total. The van der Waals surface area contributed by atoms with Crippen LogP contribution in [0, 0.1) is 59.2 Å². The van der Waals surface area contributed by atoms with Crippen molar-refractivity contribution in [3.05, 3.63) is 107 Å². The van der Waals surface area contributed by atoms with Gasteiger partial charge in [-0.1, -0.05) is 82.8 Å². The van der Waals surface area contributed by atoms with E-state index in [4.69, 9.17) is 34.1 Å². The number of alkyl halides is 2. The summed E-state index contributed by atoms with van der Waals surface area (Å²) in [7, 11) is 3.57. The molecule has 20 heteroatoms. The molecule has 0 unspecified atom stereocenters. The van der Waals surface area contributed by atoms with Crippen molar-refractivity contribution < 1.29 is 73.3 Å². The molecule has 2 saturated heterocycles. The average molecular weight is 1170 g/mol. The second-order valence-corrected chi connectivity index (χ2v) is 26.8.